The van der Waals surface area contributed by atoms with Gasteiger partial charge in [-0.1, -0.05) is 23.4 Å². The lowest BCUT2D eigenvalue weighted by Gasteiger charge is -2.24. The first-order chi connectivity index (χ1) is 11.9. The summed E-state index contributed by atoms with van der Waals surface area (Å²) in [6.07, 6.45) is 3.84. The van der Waals surface area contributed by atoms with Crippen LogP contribution in [0.5, 0.6) is 0 Å². The minimum Gasteiger partial charge on any atom is -0.275 e. The van der Waals surface area contributed by atoms with Crippen LogP contribution in [-0.2, 0) is 4.84 Å². The fraction of sp³-hybridized carbons (Fsp3) is 0.375. The zero-order valence-electron chi connectivity index (χ0n) is 13.5. The lowest BCUT2D eigenvalue weighted by Crippen LogP contribution is -2.26. The van der Waals surface area contributed by atoms with E-state index in [2.05, 4.69) is 9.97 Å². The summed E-state index contributed by atoms with van der Waals surface area (Å²) in [5.41, 5.74) is -0.538. The predicted octanol–water partition coefficient (Wildman–Crippen LogP) is 4.71. The molecule has 1 saturated carbocycles. The van der Waals surface area contributed by atoms with Gasteiger partial charge in [0.2, 0.25) is 0 Å². The van der Waals surface area contributed by atoms with Crippen LogP contribution in [0.3, 0.4) is 0 Å². The number of rotatable bonds is 6. The summed E-state index contributed by atoms with van der Waals surface area (Å²) in [5, 5.41) is 1.66. The molecule has 9 heteroatoms. The predicted molar refractivity (Wildman–Crippen MR) is 91.2 cm³/mol. The summed E-state index contributed by atoms with van der Waals surface area (Å²) < 4.78 is 41.9. The van der Waals surface area contributed by atoms with Gasteiger partial charge in [-0.2, -0.15) is 0 Å². The second-order valence-corrected chi connectivity index (χ2v) is 6.76. The number of hydrogen-bond acceptors (Lipinski definition) is 5. The van der Waals surface area contributed by atoms with Crippen molar-refractivity contribution in [3.8, 4) is 11.1 Å². The van der Waals surface area contributed by atoms with E-state index >= 15 is 0 Å². The number of hydrogen-bond donors (Lipinski definition) is 0. The van der Waals surface area contributed by atoms with E-state index in [1.54, 1.807) is 6.26 Å². The van der Waals surface area contributed by atoms with Crippen molar-refractivity contribution >= 4 is 29.2 Å². The Hall–Kier alpha value is -1.51. The molecule has 2 aromatic rings. The molecule has 25 heavy (non-hydrogen) atoms. The van der Waals surface area contributed by atoms with E-state index in [1.165, 1.54) is 23.9 Å². The van der Waals surface area contributed by atoms with Crippen LogP contribution in [-0.4, -0.2) is 29.9 Å². The van der Waals surface area contributed by atoms with Gasteiger partial charge in [0.05, 0.1) is 24.8 Å². The molecule has 0 bridgehead atoms. The smallest absolute Gasteiger partial charge is 0.190 e. The van der Waals surface area contributed by atoms with Crippen molar-refractivity contribution in [3.05, 3.63) is 34.7 Å². The Bertz CT molecular complexity index is 781. The van der Waals surface area contributed by atoms with Crippen molar-refractivity contribution in [3.63, 3.8) is 0 Å². The van der Waals surface area contributed by atoms with Crippen molar-refractivity contribution in [1.29, 1.82) is 0 Å². The fourth-order valence-electron chi connectivity index (χ4n) is 2.45. The Morgan fingerprint density at radius 1 is 1.20 bits per heavy atom. The Labute approximate surface area is 152 Å². The second-order valence-electron chi connectivity index (χ2n) is 5.63. The molecule has 1 heterocycles. The van der Waals surface area contributed by atoms with E-state index in [-0.39, 0.29) is 16.5 Å². The van der Waals surface area contributed by atoms with Crippen molar-refractivity contribution in [2.24, 2.45) is 5.92 Å². The molecule has 0 spiro atoms. The highest BCUT2D eigenvalue weighted by atomic mass is 35.5. The van der Waals surface area contributed by atoms with Gasteiger partial charge in [0.15, 0.2) is 11.0 Å². The first kappa shape index (κ1) is 18.3. The first-order valence-corrected chi connectivity index (χ1v) is 9.13. The normalized spacial score (nSPS) is 14.0. The first-order valence-electron chi connectivity index (χ1n) is 7.52. The van der Waals surface area contributed by atoms with Crippen LogP contribution in [0.25, 0.3) is 11.1 Å². The van der Waals surface area contributed by atoms with Gasteiger partial charge in [-0.3, -0.25) is 4.84 Å². The summed E-state index contributed by atoms with van der Waals surface area (Å²) in [6.45, 7) is 0.509. The maximum Gasteiger partial charge on any atom is 0.190 e. The number of nitrogens with zero attached hydrogens (tertiary/aromatic N) is 3. The SMILES string of the molecule is CON(CC1CC1)c1nc(SC)nc(Cl)c1-c1c(F)cc(F)cc1F. The van der Waals surface area contributed by atoms with Crippen LogP contribution in [0.1, 0.15) is 12.8 Å². The summed E-state index contributed by atoms with van der Waals surface area (Å²) in [4.78, 5) is 13.7. The van der Waals surface area contributed by atoms with Gasteiger partial charge < -0.3 is 0 Å². The molecule has 0 radical (unpaired) electrons. The minimum absolute atomic E-state index is 0.0584. The molecule has 0 N–H and O–H groups in total. The van der Waals surface area contributed by atoms with Crippen molar-refractivity contribution in [1.82, 2.24) is 9.97 Å². The maximum atomic E-state index is 14.3. The highest BCUT2D eigenvalue weighted by Crippen LogP contribution is 2.40. The van der Waals surface area contributed by atoms with Crippen LogP contribution in [0.2, 0.25) is 5.15 Å². The molecule has 1 fully saturated rings. The Morgan fingerprint density at radius 3 is 2.36 bits per heavy atom. The van der Waals surface area contributed by atoms with Crippen molar-refractivity contribution in [2.45, 2.75) is 18.0 Å². The largest absolute Gasteiger partial charge is 0.275 e. The molecule has 3 rings (SSSR count). The zero-order chi connectivity index (χ0) is 18.1. The Morgan fingerprint density at radius 2 is 1.84 bits per heavy atom. The summed E-state index contributed by atoms with van der Waals surface area (Å²) in [7, 11) is 1.44. The van der Waals surface area contributed by atoms with Gasteiger partial charge >= 0.3 is 0 Å². The van der Waals surface area contributed by atoms with Crippen LogP contribution in [0, 0.1) is 23.4 Å². The number of benzene rings is 1. The lowest BCUT2D eigenvalue weighted by atomic mass is 10.1. The Kier molecular flexibility index (Phi) is 5.41. The standard InChI is InChI=1S/C16H15ClF3N3OS/c1-24-23(7-8-3-4-8)15-13(14(17)21-16(22-15)25-2)12-10(19)5-9(18)6-11(12)20/h5-6,8H,3-4,7H2,1-2H3. The molecule has 1 aromatic carbocycles. The van der Waals surface area contributed by atoms with Gasteiger partial charge in [-0.15, -0.1) is 0 Å². The molecule has 1 aliphatic carbocycles. The summed E-state index contributed by atoms with van der Waals surface area (Å²) in [5.74, 6) is -2.60. The van der Waals surface area contributed by atoms with Gasteiger partial charge in [0.25, 0.3) is 0 Å². The average molecular weight is 390 g/mol. The third kappa shape index (κ3) is 3.86. The van der Waals surface area contributed by atoms with E-state index < -0.39 is 23.0 Å². The molecule has 1 aliphatic rings. The van der Waals surface area contributed by atoms with Gasteiger partial charge in [0, 0.05) is 12.1 Å². The maximum absolute atomic E-state index is 14.3. The van der Waals surface area contributed by atoms with Crippen LogP contribution < -0.4 is 5.06 Å². The minimum atomic E-state index is -1.08. The third-order valence-corrected chi connectivity index (χ3v) is 4.66. The molecule has 0 unspecified atom stereocenters. The van der Waals surface area contributed by atoms with E-state index in [9.17, 15) is 13.2 Å². The van der Waals surface area contributed by atoms with Crippen LogP contribution in [0.4, 0.5) is 19.0 Å². The van der Waals surface area contributed by atoms with Crippen molar-refractivity contribution < 1.29 is 18.0 Å². The molecule has 0 saturated heterocycles. The van der Waals surface area contributed by atoms with E-state index in [4.69, 9.17) is 16.4 Å². The van der Waals surface area contributed by atoms with Gasteiger partial charge in [0.1, 0.15) is 22.6 Å². The van der Waals surface area contributed by atoms with E-state index in [1.807, 2.05) is 0 Å². The monoisotopic (exact) mass is 389 g/mol. The highest BCUT2D eigenvalue weighted by Gasteiger charge is 2.30. The average Bonchev–Trinajstić information content (AvgIpc) is 3.37. The van der Waals surface area contributed by atoms with E-state index in [0.717, 1.165) is 12.8 Å². The van der Waals surface area contributed by atoms with Gasteiger partial charge in [-0.05, 0) is 25.0 Å². The molecule has 4 nitrogen and oxygen atoms in total. The highest BCUT2D eigenvalue weighted by molar-refractivity contribution is 7.98. The molecular weight excluding hydrogens is 375 g/mol. The third-order valence-electron chi connectivity index (χ3n) is 3.84. The molecular formula is C16H15ClF3N3OS. The van der Waals surface area contributed by atoms with Gasteiger partial charge in [-0.25, -0.2) is 28.2 Å². The number of aromatic nitrogens is 2. The zero-order valence-corrected chi connectivity index (χ0v) is 15.1. The number of anilines is 1. The van der Waals surface area contributed by atoms with Crippen molar-refractivity contribution in [2.75, 3.05) is 25.0 Å². The number of hydroxylamine groups is 1. The van der Waals surface area contributed by atoms with Crippen LogP contribution in [0.15, 0.2) is 17.3 Å². The molecule has 1 aromatic heterocycles. The summed E-state index contributed by atoms with van der Waals surface area (Å²) >= 11 is 7.45. The molecule has 0 amide bonds. The quantitative estimate of drug-likeness (QED) is 0.309. The molecule has 0 aliphatic heterocycles. The Balaban J connectivity index is 2.21. The number of halogens is 4. The van der Waals surface area contributed by atoms with E-state index in [0.29, 0.717) is 29.8 Å². The van der Waals surface area contributed by atoms with Crippen LogP contribution >= 0.6 is 23.4 Å². The lowest BCUT2D eigenvalue weighted by molar-refractivity contribution is 0.161. The molecule has 134 valence electrons. The number of thioether (sulfide) groups is 1. The molecule has 0 atom stereocenters. The topological polar surface area (TPSA) is 38.2 Å². The summed E-state index contributed by atoms with van der Waals surface area (Å²) in [6, 6.07) is 1.19. The fourth-order valence-corrected chi connectivity index (χ4v) is 3.12. The second kappa shape index (κ2) is 7.39.